The summed E-state index contributed by atoms with van der Waals surface area (Å²) in [4.78, 5) is 29.5. The zero-order chi connectivity index (χ0) is 19.4. The average Bonchev–Trinajstić information content (AvgIpc) is 2.71. The summed E-state index contributed by atoms with van der Waals surface area (Å²) < 4.78 is 1.59. The molecule has 3 aromatic rings. The van der Waals surface area contributed by atoms with Crippen molar-refractivity contribution < 1.29 is 4.79 Å². The van der Waals surface area contributed by atoms with Crippen molar-refractivity contribution in [1.82, 2.24) is 14.9 Å². The van der Waals surface area contributed by atoms with Crippen LogP contribution in [0.25, 0.3) is 16.6 Å². The quantitative estimate of drug-likeness (QED) is 0.522. The highest BCUT2D eigenvalue weighted by atomic mass is 32.2. The third-order valence-electron chi connectivity index (χ3n) is 4.69. The summed E-state index contributed by atoms with van der Waals surface area (Å²) in [6.45, 7) is 4.34. The maximum Gasteiger partial charge on any atom is 0.266 e. The van der Waals surface area contributed by atoms with E-state index in [1.807, 2.05) is 30.3 Å². The van der Waals surface area contributed by atoms with Crippen molar-refractivity contribution in [3.8, 4) is 5.69 Å². The molecule has 0 aliphatic rings. The molecule has 0 saturated carbocycles. The molecule has 0 spiro atoms. The third-order valence-corrected chi connectivity index (χ3v) is 5.63. The van der Waals surface area contributed by atoms with Gasteiger partial charge in [0.1, 0.15) is 0 Å². The lowest BCUT2D eigenvalue weighted by molar-refractivity contribution is -0.118. The number of rotatable bonds is 6. The Kier molecular flexibility index (Phi) is 5.96. The van der Waals surface area contributed by atoms with Crippen molar-refractivity contribution in [1.29, 1.82) is 0 Å². The van der Waals surface area contributed by atoms with Crippen molar-refractivity contribution in [2.24, 2.45) is 0 Å². The largest absolute Gasteiger partial charge is 0.358 e. The van der Waals surface area contributed by atoms with Gasteiger partial charge in [0, 0.05) is 7.05 Å². The van der Waals surface area contributed by atoms with Crippen LogP contribution in [0.2, 0.25) is 0 Å². The molecule has 1 unspecified atom stereocenters. The van der Waals surface area contributed by atoms with Gasteiger partial charge in [-0.25, -0.2) is 4.98 Å². The first kappa shape index (κ1) is 19.2. The van der Waals surface area contributed by atoms with Gasteiger partial charge in [-0.2, -0.15) is 0 Å². The molecule has 1 amide bonds. The average molecular weight is 382 g/mol. The highest BCUT2D eigenvalue weighted by molar-refractivity contribution is 7.99. The van der Waals surface area contributed by atoms with Gasteiger partial charge in [-0.1, -0.05) is 49.9 Å². The number of thioether (sulfide) groups is 1. The van der Waals surface area contributed by atoms with E-state index >= 15 is 0 Å². The van der Waals surface area contributed by atoms with E-state index in [0.717, 1.165) is 12.1 Å². The summed E-state index contributed by atoms with van der Waals surface area (Å²) in [5.41, 5.74) is 2.50. The Labute approximate surface area is 162 Å². The molecule has 1 atom stereocenters. The van der Waals surface area contributed by atoms with Gasteiger partial charge < -0.3 is 5.32 Å². The second kappa shape index (κ2) is 8.39. The third kappa shape index (κ3) is 4.06. The Hall–Kier alpha value is -2.60. The van der Waals surface area contributed by atoms with Crippen LogP contribution in [0.3, 0.4) is 0 Å². The van der Waals surface area contributed by atoms with Crippen LogP contribution in [0.4, 0.5) is 0 Å². The minimum Gasteiger partial charge on any atom is -0.358 e. The molecule has 2 aromatic carbocycles. The molecule has 0 bridgehead atoms. The lowest BCUT2D eigenvalue weighted by atomic mass is 9.98. The fourth-order valence-electron chi connectivity index (χ4n) is 2.83. The number of fused-ring (bicyclic) bond motifs is 1. The maximum atomic E-state index is 13.1. The molecule has 5 nitrogen and oxygen atoms in total. The van der Waals surface area contributed by atoms with E-state index in [9.17, 15) is 9.59 Å². The zero-order valence-electron chi connectivity index (χ0n) is 15.7. The summed E-state index contributed by atoms with van der Waals surface area (Å²) >= 11 is 1.26. The predicted octanol–water partition coefficient (Wildman–Crippen LogP) is 3.74. The number of amides is 1. The number of benzene rings is 2. The molecule has 1 aromatic heterocycles. The first-order chi connectivity index (χ1) is 13.0. The normalized spacial score (nSPS) is 12.1. The van der Waals surface area contributed by atoms with Crippen LogP contribution in [0.1, 0.15) is 31.7 Å². The van der Waals surface area contributed by atoms with E-state index in [-0.39, 0.29) is 17.2 Å². The van der Waals surface area contributed by atoms with Crippen molar-refractivity contribution in [2.45, 2.75) is 31.3 Å². The van der Waals surface area contributed by atoms with Gasteiger partial charge in [0.25, 0.3) is 5.56 Å². The first-order valence-corrected chi connectivity index (χ1v) is 9.99. The molecule has 0 fully saturated rings. The number of carbonyl (C=O) groups excluding carboxylic acids is 1. The highest BCUT2D eigenvalue weighted by Gasteiger charge is 2.15. The minimum atomic E-state index is -0.128. The van der Waals surface area contributed by atoms with Crippen molar-refractivity contribution in [3.05, 3.63) is 64.4 Å². The second-order valence-electron chi connectivity index (χ2n) is 6.41. The summed E-state index contributed by atoms with van der Waals surface area (Å²) in [5.74, 6) is 0.556. The summed E-state index contributed by atoms with van der Waals surface area (Å²) in [5, 5.41) is 3.67. The molecular weight excluding hydrogens is 358 g/mol. The van der Waals surface area contributed by atoms with Gasteiger partial charge >= 0.3 is 0 Å². The van der Waals surface area contributed by atoms with E-state index in [1.165, 1.54) is 17.3 Å². The van der Waals surface area contributed by atoms with Crippen molar-refractivity contribution in [2.75, 3.05) is 12.8 Å². The Bertz CT molecular complexity index is 1010. The monoisotopic (exact) mass is 381 g/mol. The lowest BCUT2D eigenvalue weighted by Crippen LogP contribution is -2.24. The van der Waals surface area contributed by atoms with Gasteiger partial charge in [0.15, 0.2) is 5.16 Å². The Morgan fingerprint density at radius 1 is 1.19 bits per heavy atom. The molecule has 140 valence electrons. The maximum absolute atomic E-state index is 13.1. The Balaban J connectivity index is 2.12. The standard InChI is InChI=1S/C21H23N3O2S/c1-4-14(2)15-9-11-16(12-10-15)24-20(26)17-7-5-6-8-18(17)23-21(24)27-13-19(25)22-3/h5-12,14H,4,13H2,1-3H3,(H,22,25). The molecule has 27 heavy (non-hydrogen) atoms. The van der Waals surface area contributed by atoms with Crippen LogP contribution in [-0.4, -0.2) is 28.3 Å². The van der Waals surface area contributed by atoms with Crippen LogP contribution in [0.15, 0.2) is 58.5 Å². The van der Waals surface area contributed by atoms with Gasteiger partial charge in [0.2, 0.25) is 5.91 Å². The van der Waals surface area contributed by atoms with E-state index in [1.54, 1.807) is 17.7 Å². The van der Waals surface area contributed by atoms with Crippen LogP contribution in [-0.2, 0) is 4.79 Å². The first-order valence-electron chi connectivity index (χ1n) is 9.00. The van der Waals surface area contributed by atoms with Gasteiger partial charge in [0.05, 0.1) is 22.3 Å². The molecule has 3 rings (SSSR count). The zero-order valence-corrected chi connectivity index (χ0v) is 16.5. The van der Waals surface area contributed by atoms with Gasteiger partial charge in [-0.3, -0.25) is 14.2 Å². The molecule has 0 aliphatic heterocycles. The second-order valence-corrected chi connectivity index (χ2v) is 7.36. The number of hydrogen-bond donors (Lipinski definition) is 1. The highest BCUT2D eigenvalue weighted by Crippen LogP contribution is 2.24. The molecule has 0 saturated heterocycles. The van der Waals surface area contributed by atoms with E-state index < -0.39 is 0 Å². The molecule has 0 aliphatic carbocycles. The van der Waals surface area contributed by atoms with Crippen molar-refractivity contribution >= 4 is 28.6 Å². The van der Waals surface area contributed by atoms with Crippen LogP contribution in [0, 0.1) is 0 Å². The number of para-hydroxylation sites is 1. The Morgan fingerprint density at radius 2 is 1.89 bits per heavy atom. The molecule has 1 heterocycles. The topological polar surface area (TPSA) is 64.0 Å². The smallest absolute Gasteiger partial charge is 0.266 e. The van der Waals surface area contributed by atoms with E-state index in [0.29, 0.717) is 22.0 Å². The molecular formula is C21H23N3O2S. The van der Waals surface area contributed by atoms with Crippen LogP contribution in [0.5, 0.6) is 0 Å². The number of carbonyl (C=O) groups is 1. The van der Waals surface area contributed by atoms with Gasteiger partial charge in [-0.15, -0.1) is 0 Å². The summed E-state index contributed by atoms with van der Waals surface area (Å²) in [7, 11) is 1.59. The molecule has 0 radical (unpaired) electrons. The fourth-order valence-corrected chi connectivity index (χ4v) is 3.71. The van der Waals surface area contributed by atoms with E-state index in [4.69, 9.17) is 0 Å². The summed E-state index contributed by atoms with van der Waals surface area (Å²) in [6.07, 6.45) is 1.06. The van der Waals surface area contributed by atoms with Gasteiger partial charge in [-0.05, 0) is 42.2 Å². The number of nitrogens with one attached hydrogen (secondary N) is 1. The number of aromatic nitrogens is 2. The van der Waals surface area contributed by atoms with Crippen LogP contribution >= 0.6 is 11.8 Å². The molecule has 1 N–H and O–H groups in total. The van der Waals surface area contributed by atoms with Crippen molar-refractivity contribution in [3.63, 3.8) is 0 Å². The van der Waals surface area contributed by atoms with Crippen LogP contribution < -0.4 is 10.9 Å². The van der Waals surface area contributed by atoms with E-state index in [2.05, 4.69) is 36.3 Å². The Morgan fingerprint density at radius 3 is 2.56 bits per heavy atom. The predicted molar refractivity (Wildman–Crippen MR) is 111 cm³/mol. The summed E-state index contributed by atoms with van der Waals surface area (Å²) in [6, 6.07) is 15.3. The number of hydrogen-bond acceptors (Lipinski definition) is 4. The minimum absolute atomic E-state index is 0.110. The SMILES string of the molecule is CCC(C)c1ccc(-n2c(SCC(=O)NC)nc3ccccc3c2=O)cc1. The lowest BCUT2D eigenvalue weighted by Gasteiger charge is -2.14. The fraction of sp³-hybridized carbons (Fsp3) is 0.286. The molecule has 6 heteroatoms. The number of nitrogens with zero attached hydrogens (tertiary/aromatic N) is 2.